The molecule has 2 fully saturated rings. The first-order valence-electron chi connectivity index (χ1n) is 14.8. The van der Waals surface area contributed by atoms with Gasteiger partial charge >= 0.3 is 0 Å². The lowest BCUT2D eigenvalue weighted by atomic mass is 9.91. The summed E-state index contributed by atoms with van der Waals surface area (Å²) < 4.78 is 31.4. The van der Waals surface area contributed by atoms with Gasteiger partial charge in [-0.15, -0.1) is 0 Å². The summed E-state index contributed by atoms with van der Waals surface area (Å²) in [6, 6.07) is 17.5. The highest BCUT2D eigenvalue weighted by Crippen LogP contribution is 2.39. The maximum absolute atomic E-state index is 12.9. The second-order valence-corrected chi connectivity index (χ2v) is 13.5. The smallest absolute Gasteiger partial charge is 0.206 e. The molecule has 218 valence electrons. The lowest BCUT2D eigenvalue weighted by Gasteiger charge is -2.28. The van der Waals surface area contributed by atoms with E-state index in [9.17, 15) is 8.42 Å². The maximum Gasteiger partial charge on any atom is 0.206 e. The summed E-state index contributed by atoms with van der Waals surface area (Å²) in [7, 11) is -3.57. The molecule has 2 aliphatic heterocycles. The molecule has 2 aromatic carbocycles. The summed E-state index contributed by atoms with van der Waals surface area (Å²) in [5.74, 6) is 0.678. The molecule has 0 radical (unpaired) electrons. The van der Waals surface area contributed by atoms with Crippen LogP contribution in [0.25, 0.3) is 22.0 Å². The fourth-order valence-corrected chi connectivity index (χ4v) is 7.81. The molecule has 0 amide bonds. The van der Waals surface area contributed by atoms with Crippen LogP contribution in [0.3, 0.4) is 0 Å². The fraction of sp³-hybridized carbons (Fsp3) is 0.375. The van der Waals surface area contributed by atoms with Crippen LogP contribution in [-0.2, 0) is 27.4 Å². The van der Waals surface area contributed by atoms with Gasteiger partial charge in [0.25, 0.3) is 0 Å². The zero-order chi connectivity index (χ0) is 28.7. The first-order valence-corrected chi connectivity index (χ1v) is 16.4. The van der Waals surface area contributed by atoms with Gasteiger partial charge < -0.3 is 26.0 Å². The van der Waals surface area contributed by atoms with Crippen LogP contribution in [0.15, 0.2) is 65.7 Å². The highest BCUT2D eigenvalue weighted by Gasteiger charge is 2.30. The summed E-state index contributed by atoms with van der Waals surface area (Å²) in [5.41, 5.74) is 13.4. The van der Waals surface area contributed by atoms with E-state index in [4.69, 9.17) is 15.5 Å². The molecule has 0 spiro atoms. The number of sulfone groups is 1. The number of nitrogens with one attached hydrogen (secondary N) is 2. The van der Waals surface area contributed by atoms with Gasteiger partial charge in [-0.2, -0.15) is 0 Å². The number of aromatic nitrogens is 2. The van der Waals surface area contributed by atoms with Gasteiger partial charge in [0.15, 0.2) is 5.44 Å². The molecule has 42 heavy (non-hydrogen) atoms. The van der Waals surface area contributed by atoms with E-state index in [1.165, 1.54) is 35.2 Å². The van der Waals surface area contributed by atoms with Gasteiger partial charge in [-0.05, 0) is 97.3 Å². The van der Waals surface area contributed by atoms with E-state index in [0.717, 1.165) is 54.7 Å². The number of hydrogen-bond acceptors (Lipinski definition) is 9. The van der Waals surface area contributed by atoms with Gasteiger partial charge in [-0.1, -0.05) is 6.07 Å². The van der Waals surface area contributed by atoms with Gasteiger partial charge in [0.1, 0.15) is 5.82 Å². The van der Waals surface area contributed by atoms with Crippen molar-refractivity contribution in [2.24, 2.45) is 5.73 Å². The first kappa shape index (κ1) is 27.3. The number of hydrogen-bond donors (Lipinski definition) is 3. The van der Waals surface area contributed by atoms with Crippen molar-refractivity contribution in [2.45, 2.75) is 48.5 Å². The summed E-state index contributed by atoms with van der Waals surface area (Å²) in [6.45, 7) is 3.19. The minimum Gasteiger partial charge on any atom is -0.369 e. The van der Waals surface area contributed by atoms with Gasteiger partial charge in [-0.3, -0.25) is 4.98 Å². The quantitative estimate of drug-likeness (QED) is 0.306. The molecule has 2 saturated heterocycles. The van der Waals surface area contributed by atoms with E-state index in [2.05, 4.69) is 38.7 Å². The third-order valence-corrected chi connectivity index (χ3v) is 10.5. The number of benzene rings is 2. The zero-order valence-corrected chi connectivity index (χ0v) is 24.4. The second-order valence-electron chi connectivity index (χ2n) is 11.4. The van der Waals surface area contributed by atoms with Gasteiger partial charge in [0, 0.05) is 55.2 Å². The van der Waals surface area contributed by atoms with Crippen LogP contribution < -0.4 is 21.3 Å². The molecule has 4 N–H and O–H groups in total. The van der Waals surface area contributed by atoms with Crippen LogP contribution in [0.1, 0.15) is 30.5 Å². The molecule has 9 nitrogen and oxygen atoms in total. The summed E-state index contributed by atoms with van der Waals surface area (Å²) in [5, 5.41) is 7.59. The van der Waals surface area contributed by atoms with E-state index in [0.29, 0.717) is 25.5 Å². The van der Waals surface area contributed by atoms with Crippen molar-refractivity contribution in [3.05, 3.63) is 72.1 Å². The van der Waals surface area contributed by atoms with Crippen molar-refractivity contribution in [3.8, 4) is 11.1 Å². The average Bonchev–Trinajstić information content (AvgIpc) is 3.46. The second kappa shape index (κ2) is 11.3. The standard InChI is InChI=1S/C32H36N6O3S/c33-23-12-15-38(20-23)32-26-3-1-2-4-28(26)37-29-10-5-21(17-27(29)32)22-11-13-35-30(18-22)36-24-6-8-25(9-7-24)42(39,40)31-19-34-14-16-41-31/h5-11,13,17-18,23,31,34H,1-4,12,14-16,19-20,33H2,(H,35,36)/t23?,31-/m0/s1. The Morgan fingerprint density at radius 3 is 2.64 bits per heavy atom. The van der Waals surface area contributed by atoms with E-state index < -0.39 is 15.3 Å². The first-order chi connectivity index (χ1) is 20.5. The number of anilines is 3. The molecular formula is C32H36N6O3S. The number of pyridine rings is 2. The average molecular weight is 585 g/mol. The van der Waals surface area contributed by atoms with Gasteiger partial charge in [0.2, 0.25) is 9.84 Å². The number of nitrogens with two attached hydrogens (primary N) is 1. The monoisotopic (exact) mass is 584 g/mol. The van der Waals surface area contributed by atoms with E-state index in [-0.39, 0.29) is 10.9 Å². The Hall–Kier alpha value is -3.57. The molecular weight excluding hydrogens is 548 g/mol. The summed E-state index contributed by atoms with van der Waals surface area (Å²) >= 11 is 0. The predicted octanol–water partition coefficient (Wildman–Crippen LogP) is 4.18. The molecule has 4 aromatic rings. The molecule has 4 heterocycles. The van der Waals surface area contributed by atoms with E-state index in [1.807, 2.05) is 12.1 Å². The Morgan fingerprint density at radius 2 is 1.86 bits per heavy atom. The molecule has 3 aliphatic rings. The lowest BCUT2D eigenvalue weighted by Crippen LogP contribution is -2.42. The maximum atomic E-state index is 12.9. The van der Waals surface area contributed by atoms with Crippen LogP contribution >= 0.6 is 0 Å². The summed E-state index contributed by atoms with van der Waals surface area (Å²) in [6.07, 6.45) is 7.30. The van der Waals surface area contributed by atoms with E-state index in [1.54, 1.807) is 30.5 Å². The zero-order valence-electron chi connectivity index (χ0n) is 23.6. The molecule has 1 unspecified atom stereocenters. The number of aryl methyl sites for hydroxylation is 1. The van der Waals surface area contributed by atoms with Crippen LogP contribution in [0.5, 0.6) is 0 Å². The molecule has 2 aromatic heterocycles. The Morgan fingerprint density at radius 1 is 1.02 bits per heavy atom. The molecule has 0 saturated carbocycles. The number of ether oxygens (including phenoxy) is 1. The Bertz CT molecular complexity index is 1720. The number of nitrogens with zero attached hydrogens (tertiary/aromatic N) is 3. The highest BCUT2D eigenvalue weighted by atomic mass is 32.2. The Kier molecular flexibility index (Phi) is 7.31. The van der Waals surface area contributed by atoms with Crippen LogP contribution in [-0.4, -0.2) is 62.6 Å². The van der Waals surface area contributed by atoms with Crippen molar-refractivity contribution >= 4 is 37.9 Å². The van der Waals surface area contributed by atoms with E-state index >= 15 is 0 Å². The Labute approximate surface area is 246 Å². The van der Waals surface area contributed by atoms with Crippen LogP contribution in [0.4, 0.5) is 17.2 Å². The Balaban J connectivity index is 1.17. The SMILES string of the molecule is NC1CCN(c2c3c(nc4ccc(-c5ccnc(Nc6ccc(S(=O)(=O)[C@H]7CNCCO7)cc6)c5)cc24)CCCC3)C1. The van der Waals surface area contributed by atoms with Crippen molar-refractivity contribution in [1.82, 2.24) is 15.3 Å². The van der Waals surface area contributed by atoms with Gasteiger partial charge in [0.05, 0.1) is 22.7 Å². The third kappa shape index (κ3) is 5.24. The molecule has 0 bridgehead atoms. The predicted molar refractivity (Wildman–Crippen MR) is 166 cm³/mol. The number of rotatable bonds is 6. The number of fused-ring (bicyclic) bond motifs is 2. The summed E-state index contributed by atoms with van der Waals surface area (Å²) in [4.78, 5) is 12.3. The highest BCUT2D eigenvalue weighted by molar-refractivity contribution is 7.92. The van der Waals surface area contributed by atoms with Crippen molar-refractivity contribution < 1.29 is 13.2 Å². The lowest BCUT2D eigenvalue weighted by molar-refractivity contribution is 0.0785. The molecule has 10 heteroatoms. The third-order valence-electron chi connectivity index (χ3n) is 8.56. The molecule has 7 rings (SSSR count). The van der Waals surface area contributed by atoms with Crippen LogP contribution in [0.2, 0.25) is 0 Å². The minimum absolute atomic E-state index is 0.205. The van der Waals surface area contributed by atoms with Gasteiger partial charge in [-0.25, -0.2) is 13.4 Å². The van der Waals surface area contributed by atoms with Crippen molar-refractivity contribution in [2.75, 3.05) is 43.0 Å². The van der Waals surface area contributed by atoms with Crippen molar-refractivity contribution in [1.29, 1.82) is 0 Å². The number of morpholine rings is 1. The largest absolute Gasteiger partial charge is 0.369 e. The van der Waals surface area contributed by atoms with Crippen molar-refractivity contribution in [3.63, 3.8) is 0 Å². The molecule has 2 atom stereocenters. The normalized spacial score (nSPS) is 20.9. The molecule has 1 aliphatic carbocycles. The minimum atomic E-state index is -3.57. The van der Waals surface area contributed by atoms with Crippen LogP contribution in [0, 0.1) is 0 Å². The fourth-order valence-electron chi connectivity index (χ4n) is 6.38. The topological polar surface area (TPSA) is 122 Å².